The van der Waals surface area contributed by atoms with Crippen LogP contribution in [0.1, 0.15) is 10.4 Å². The van der Waals surface area contributed by atoms with Crippen LogP contribution in [0.25, 0.3) is 0 Å². The van der Waals surface area contributed by atoms with E-state index in [4.69, 9.17) is 17.2 Å². The van der Waals surface area contributed by atoms with Crippen LogP contribution in [0, 0.1) is 0 Å². The summed E-state index contributed by atoms with van der Waals surface area (Å²) in [5.74, 6) is -1.43. The molecule has 0 spiro atoms. The molecule has 0 bridgehead atoms. The first-order valence-electron chi connectivity index (χ1n) is 5.56. The van der Waals surface area contributed by atoms with Crippen molar-refractivity contribution in [2.45, 2.75) is 6.18 Å². The number of benzene rings is 1. The van der Waals surface area contributed by atoms with E-state index in [2.05, 4.69) is 9.98 Å². The Hall–Kier alpha value is -2.78. The number of halogens is 3. The zero-order chi connectivity index (χ0) is 16.0. The number of aliphatic imine (C=N–C) groups is 2. The van der Waals surface area contributed by atoms with E-state index >= 15 is 0 Å². The second kappa shape index (κ2) is 6.59. The zero-order valence-corrected chi connectivity index (χ0v) is 10.7. The molecule has 7 N–H and O–H groups in total. The molecule has 10 heteroatoms. The standard InChI is InChI=1S/C11H13F3N6O/c12-11(13,14)5-18-8(21)6-2-1-3-7(4-6)19-10(17)20-9(15)16/h1-4H,5H2,(H,18,21)(H6,15,16,17,19,20). The van der Waals surface area contributed by atoms with Crippen molar-refractivity contribution in [2.75, 3.05) is 6.54 Å². The topological polar surface area (TPSA) is 132 Å². The Morgan fingerprint density at radius 1 is 1.24 bits per heavy atom. The minimum absolute atomic E-state index is 0.00185. The number of alkyl halides is 3. The highest BCUT2D eigenvalue weighted by Gasteiger charge is 2.27. The number of hydrogen-bond acceptors (Lipinski definition) is 2. The molecule has 0 atom stereocenters. The fourth-order valence-electron chi connectivity index (χ4n) is 1.29. The van der Waals surface area contributed by atoms with Gasteiger partial charge in [-0.3, -0.25) is 4.79 Å². The molecule has 0 aliphatic carbocycles. The van der Waals surface area contributed by atoms with E-state index in [1.165, 1.54) is 24.3 Å². The third-order valence-electron chi connectivity index (χ3n) is 2.05. The monoisotopic (exact) mass is 302 g/mol. The van der Waals surface area contributed by atoms with Gasteiger partial charge in [0.1, 0.15) is 6.54 Å². The molecule has 1 aromatic rings. The van der Waals surface area contributed by atoms with Crippen LogP contribution < -0.4 is 22.5 Å². The second-order valence-corrected chi connectivity index (χ2v) is 3.85. The molecule has 114 valence electrons. The van der Waals surface area contributed by atoms with Crippen molar-refractivity contribution in [1.82, 2.24) is 5.32 Å². The molecular formula is C11H13F3N6O. The zero-order valence-electron chi connectivity index (χ0n) is 10.7. The van der Waals surface area contributed by atoms with E-state index < -0.39 is 18.6 Å². The maximum absolute atomic E-state index is 12.0. The van der Waals surface area contributed by atoms with Crippen molar-refractivity contribution in [2.24, 2.45) is 27.2 Å². The average Bonchev–Trinajstić information content (AvgIpc) is 2.34. The van der Waals surface area contributed by atoms with Gasteiger partial charge in [0.15, 0.2) is 5.96 Å². The molecule has 0 fully saturated rings. The van der Waals surface area contributed by atoms with Crippen molar-refractivity contribution >= 4 is 23.5 Å². The van der Waals surface area contributed by atoms with Gasteiger partial charge in [-0.2, -0.15) is 18.2 Å². The van der Waals surface area contributed by atoms with E-state index in [1.54, 1.807) is 5.32 Å². The van der Waals surface area contributed by atoms with Crippen LogP contribution in [0.5, 0.6) is 0 Å². The summed E-state index contributed by atoms with van der Waals surface area (Å²) >= 11 is 0. The van der Waals surface area contributed by atoms with Crippen molar-refractivity contribution in [3.8, 4) is 0 Å². The lowest BCUT2D eigenvalue weighted by Crippen LogP contribution is -2.33. The van der Waals surface area contributed by atoms with Gasteiger partial charge in [-0.1, -0.05) is 6.07 Å². The predicted molar refractivity (Wildman–Crippen MR) is 71.9 cm³/mol. The summed E-state index contributed by atoms with van der Waals surface area (Å²) in [4.78, 5) is 18.8. The summed E-state index contributed by atoms with van der Waals surface area (Å²) in [5.41, 5.74) is 15.8. The molecular weight excluding hydrogens is 289 g/mol. The Bertz CT molecular complexity index is 578. The summed E-state index contributed by atoms with van der Waals surface area (Å²) in [6, 6.07) is 5.50. The molecule has 0 radical (unpaired) electrons. The summed E-state index contributed by atoms with van der Waals surface area (Å²) in [6.07, 6.45) is -4.48. The third kappa shape index (κ3) is 6.27. The summed E-state index contributed by atoms with van der Waals surface area (Å²) in [5, 5.41) is 1.74. The fourth-order valence-corrected chi connectivity index (χ4v) is 1.29. The number of hydrogen-bond donors (Lipinski definition) is 4. The summed E-state index contributed by atoms with van der Waals surface area (Å²) in [6.45, 7) is -1.42. The molecule has 21 heavy (non-hydrogen) atoms. The quantitative estimate of drug-likeness (QED) is 0.469. The lowest BCUT2D eigenvalue weighted by Gasteiger charge is -2.08. The first kappa shape index (κ1) is 16.3. The Balaban J connectivity index is 2.86. The van der Waals surface area contributed by atoms with Gasteiger partial charge in [0.05, 0.1) is 5.69 Å². The van der Waals surface area contributed by atoms with Gasteiger partial charge < -0.3 is 22.5 Å². The normalized spacial score (nSPS) is 11.9. The smallest absolute Gasteiger partial charge is 0.370 e. The number of carbonyl (C=O) groups excluding carboxylic acids is 1. The van der Waals surface area contributed by atoms with Crippen molar-refractivity contribution in [3.63, 3.8) is 0 Å². The van der Waals surface area contributed by atoms with E-state index in [0.29, 0.717) is 0 Å². The van der Waals surface area contributed by atoms with Crippen LogP contribution >= 0.6 is 0 Å². The van der Waals surface area contributed by atoms with Gasteiger partial charge in [0.25, 0.3) is 5.91 Å². The van der Waals surface area contributed by atoms with Crippen molar-refractivity contribution < 1.29 is 18.0 Å². The van der Waals surface area contributed by atoms with Crippen molar-refractivity contribution in [3.05, 3.63) is 29.8 Å². The lowest BCUT2D eigenvalue weighted by molar-refractivity contribution is -0.123. The van der Waals surface area contributed by atoms with E-state index in [-0.39, 0.29) is 23.2 Å². The minimum Gasteiger partial charge on any atom is -0.370 e. The summed E-state index contributed by atoms with van der Waals surface area (Å²) < 4.78 is 36.0. The molecule has 0 aliphatic rings. The van der Waals surface area contributed by atoms with Gasteiger partial charge in [0.2, 0.25) is 5.96 Å². The predicted octanol–water partition coefficient (Wildman–Crippen LogP) is 0.198. The number of nitrogens with one attached hydrogen (secondary N) is 1. The number of nitrogens with zero attached hydrogens (tertiary/aromatic N) is 2. The molecule has 0 heterocycles. The van der Waals surface area contributed by atoms with Crippen molar-refractivity contribution in [1.29, 1.82) is 0 Å². The highest BCUT2D eigenvalue weighted by atomic mass is 19.4. The first-order valence-corrected chi connectivity index (χ1v) is 5.56. The van der Waals surface area contributed by atoms with Crippen LogP contribution in [0.4, 0.5) is 18.9 Å². The molecule has 1 rings (SSSR count). The van der Waals surface area contributed by atoms with Crippen LogP contribution in [0.15, 0.2) is 34.3 Å². The Labute approximate surface area is 117 Å². The van der Waals surface area contributed by atoms with Crippen LogP contribution in [0.3, 0.4) is 0 Å². The highest BCUT2D eigenvalue weighted by Crippen LogP contribution is 2.16. The molecule has 1 amide bonds. The van der Waals surface area contributed by atoms with E-state index in [1.807, 2.05) is 0 Å². The third-order valence-corrected chi connectivity index (χ3v) is 2.05. The maximum atomic E-state index is 12.0. The fraction of sp³-hybridized carbons (Fsp3) is 0.182. The van der Waals surface area contributed by atoms with E-state index in [0.717, 1.165) is 0 Å². The van der Waals surface area contributed by atoms with Gasteiger partial charge in [-0.05, 0) is 18.2 Å². The van der Waals surface area contributed by atoms with Crippen LogP contribution in [-0.2, 0) is 0 Å². The Morgan fingerprint density at radius 2 is 1.90 bits per heavy atom. The largest absolute Gasteiger partial charge is 0.405 e. The van der Waals surface area contributed by atoms with Gasteiger partial charge in [-0.25, -0.2) is 4.99 Å². The van der Waals surface area contributed by atoms with Gasteiger partial charge >= 0.3 is 6.18 Å². The molecule has 0 saturated carbocycles. The number of rotatable bonds is 3. The molecule has 0 unspecified atom stereocenters. The molecule has 0 aliphatic heterocycles. The Morgan fingerprint density at radius 3 is 2.48 bits per heavy atom. The van der Waals surface area contributed by atoms with Gasteiger partial charge in [-0.15, -0.1) is 0 Å². The summed E-state index contributed by atoms with van der Waals surface area (Å²) in [7, 11) is 0. The van der Waals surface area contributed by atoms with E-state index in [9.17, 15) is 18.0 Å². The maximum Gasteiger partial charge on any atom is 0.405 e. The molecule has 0 saturated heterocycles. The van der Waals surface area contributed by atoms with Gasteiger partial charge in [0, 0.05) is 5.56 Å². The number of guanidine groups is 2. The minimum atomic E-state index is -4.48. The van der Waals surface area contributed by atoms with Crippen LogP contribution in [-0.4, -0.2) is 30.5 Å². The lowest BCUT2D eigenvalue weighted by atomic mass is 10.2. The first-order chi connectivity index (χ1) is 9.67. The SMILES string of the molecule is NC(N)=NC(N)=Nc1cccc(C(=O)NCC(F)(F)F)c1. The molecule has 0 aromatic heterocycles. The molecule has 7 nitrogen and oxygen atoms in total. The number of nitrogens with two attached hydrogens (primary N) is 3. The Kier molecular flexibility index (Phi) is 5.11. The molecule has 1 aromatic carbocycles. The number of carbonyl (C=O) groups is 1. The highest BCUT2D eigenvalue weighted by molar-refractivity contribution is 5.96. The average molecular weight is 302 g/mol. The second-order valence-electron chi connectivity index (χ2n) is 3.85. The van der Waals surface area contributed by atoms with Crippen LogP contribution in [0.2, 0.25) is 0 Å². The number of amides is 1.